The summed E-state index contributed by atoms with van der Waals surface area (Å²) in [5.41, 5.74) is -0.621. The van der Waals surface area contributed by atoms with E-state index in [9.17, 15) is 9.59 Å². The van der Waals surface area contributed by atoms with E-state index in [0.717, 1.165) is 0 Å². The molecule has 0 saturated heterocycles. The Morgan fingerprint density at radius 1 is 1.44 bits per heavy atom. The van der Waals surface area contributed by atoms with Crippen LogP contribution in [0.5, 0.6) is 0 Å². The standard InChI is InChI=1S/C10H15N5O3/c1-10(2,3)18-9(17)13-7(5-16)4-8-14-11-6-12-15-8/h5-7H,4H2,1-3H3,(H,13,17)/t7-/m0/s1. The van der Waals surface area contributed by atoms with Gasteiger partial charge < -0.3 is 14.8 Å². The molecule has 1 N–H and O–H groups in total. The molecular formula is C10H15N5O3. The summed E-state index contributed by atoms with van der Waals surface area (Å²) >= 11 is 0. The van der Waals surface area contributed by atoms with Crippen LogP contribution in [0.25, 0.3) is 0 Å². The summed E-state index contributed by atoms with van der Waals surface area (Å²) in [6.45, 7) is 5.20. The maximum Gasteiger partial charge on any atom is 0.408 e. The van der Waals surface area contributed by atoms with Gasteiger partial charge in [0.1, 0.15) is 11.9 Å². The molecule has 1 atom stereocenters. The van der Waals surface area contributed by atoms with Crippen molar-refractivity contribution in [2.75, 3.05) is 0 Å². The van der Waals surface area contributed by atoms with E-state index in [-0.39, 0.29) is 12.2 Å². The van der Waals surface area contributed by atoms with Crippen molar-refractivity contribution in [2.45, 2.75) is 38.8 Å². The summed E-state index contributed by atoms with van der Waals surface area (Å²) in [6, 6.07) is -0.772. The maximum absolute atomic E-state index is 11.5. The molecule has 0 unspecified atom stereocenters. The van der Waals surface area contributed by atoms with Gasteiger partial charge >= 0.3 is 6.09 Å². The number of amides is 1. The second kappa shape index (κ2) is 5.99. The van der Waals surface area contributed by atoms with Gasteiger partial charge in [-0.1, -0.05) is 0 Å². The molecule has 0 aliphatic carbocycles. The molecule has 1 aromatic rings. The molecule has 0 saturated carbocycles. The molecule has 1 heterocycles. The molecule has 1 rings (SSSR count). The van der Waals surface area contributed by atoms with Crippen LogP contribution in [0.4, 0.5) is 4.79 Å². The van der Waals surface area contributed by atoms with E-state index in [2.05, 4.69) is 25.7 Å². The SMILES string of the molecule is CC(C)(C)OC(=O)N[C@H](C=O)Cc1nncnn1. The highest BCUT2D eigenvalue weighted by Gasteiger charge is 2.20. The Morgan fingerprint density at radius 2 is 2.06 bits per heavy atom. The molecule has 0 aliphatic heterocycles. The number of hydrogen-bond acceptors (Lipinski definition) is 7. The number of rotatable bonds is 4. The molecule has 1 aromatic heterocycles. The van der Waals surface area contributed by atoms with Crippen molar-refractivity contribution in [3.8, 4) is 0 Å². The first-order chi connectivity index (χ1) is 8.40. The first kappa shape index (κ1) is 13.9. The van der Waals surface area contributed by atoms with E-state index < -0.39 is 17.7 Å². The quantitative estimate of drug-likeness (QED) is 0.746. The summed E-state index contributed by atoms with van der Waals surface area (Å²) in [5, 5.41) is 16.8. The number of carbonyl (C=O) groups excluding carboxylic acids is 2. The molecule has 0 radical (unpaired) electrons. The normalized spacial score (nSPS) is 12.6. The van der Waals surface area contributed by atoms with Gasteiger partial charge in [0.2, 0.25) is 0 Å². The van der Waals surface area contributed by atoms with Gasteiger partial charge in [0.15, 0.2) is 12.2 Å². The zero-order chi connectivity index (χ0) is 13.6. The van der Waals surface area contributed by atoms with Crippen molar-refractivity contribution in [3.63, 3.8) is 0 Å². The van der Waals surface area contributed by atoms with Crippen molar-refractivity contribution in [2.24, 2.45) is 0 Å². The summed E-state index contributed by atoms with van der Waals surface area (Å²) < 4.78 is 5.03. The number of nitrogens with zero attached hydrogens (tertiary/aromatic N) is 4. The van der Waals surface area contributed by atoms with Crippen LogP contribution in [0.1, 0.15) is 26.6 Å². The molecule has 0 fully saturated rings. The van der Waals surface area contributed by atoms with Crippen molar-refractivity contribution < 1.29 is 14.3 Å². The molecular weight excluding hydrogens is 238 g/mol. The molecule has 0 bridgehead atoms. The van der Waals surface area contributed by atoms with E-state index in [1.165, 1.54) is 6.33 Å². The monoisotopic (exact) mass is 253 g/mol. The fraction of sp³-hybridized carbons (Fsp3) is 0.600. The predicted molar refractivity (Wildman–Crippen MR) is 60.5 cm³/mol. The van der Waals surface area contributed by atoms with Crippen LogP contribution in [-0.4, -0.2) is 44.4 Å². The Morgan fingerprint density at radius 3 is 2.56 bits per heavy atom. The van der Waals surface area contributed by atoms with Gasteiger partial charge in [0.05, 0.1) is 6.04 Å². The van der Waals surface area contributed by atoms with Crippen LogP contribution in [0, 0.1) is 0 Å². The molecule has 1 amide bonds. The largest absolute Gasteiger partial charge is 0.444 e. The van der Waals surface area contributed by atoms with E-state index in [0.29, 0.717) is 6.29 Å². The van der Waals surface area contributed by atoms with Crippen LogP contribution in [0.2, 0.25) is 0 Å². The van der Waals surface area contributed by atoms with Gasteiger partial charge in [0, 0.05) is 6.42 Å². The lowest BCUT2D eigenvalue weighted by atomic mass is 10.2. The van der Waals surface area contributed by atoms with E-state index in [1.807, 2.05) is 0 Å². The van der Waals surface area contributed by atoms with Crippen LogP contribution >= 0.6 is 0 Å². The van der Waals surface area contributed by atoms with Crippen LogP contribution < -0.4 is 5.32 Å². The Bertz CT molecular complexity index is 404. The first-order valence-electron chi connectivity index (χ1n) is 5.35. The Kier molecular flexibility index (Phi) is 4.64. The van der Waals surface area contributed by atoms with Crippen LogP contribution in [0.15, 0.2) is 6.33 Å². The number of nitrogens with one attached hydrogen (secondary N) is 1. The minimum atomic E-state index is -0.772. The highest BCUT2D eigenvalue weighted by atomic mass is 16.6. The molecule has 0 spiro atoms. The third-order valence-corrected chi connectivity index (χ3v) is 1.72. The third-order valence-electron chi connectivity index (χ3n) is 1.72. The third kappa shape index (κ3) is 5.28. The molecule has 8 nitrogen and oxygen atoms in total. The minimum absolute atomic E-state index is 0.115. The zero-order valence-electron chi connectivity index (χ0n) is 10.5. The molecule has 8 heteroatoms. The number of aldehydes is 1. The summed E-state index contributed by atoms with van der Waals surface area (Å²) in [5.74, 6) is 0.269. The summed E-state index contributed by atoms with van der Waals surface area (Å²) in [6.07, 6.45) is 1.21. The topological polar surface area (TPSA) is 107 Å². The van der Waals surface area contributed by atoms with Gasteiger partial charge in [-0.25, -0.2) is 4.79 Å². The lowest BCUT2D eigenvalue weighted by molar-refractivity contribution is -0.109. The predicted octanol–water partition coefficient (Wildman–Crippen LogP) is -0.0987. The lowest BCUT2D eigenvalue weighted by Crippen LogP contribution is -2.41. The molecule has 18 heavy (non-hydrogen) atoms. The summed E-state index contributed by atoms with van der Waals surface area (Å²) in [4.78, 5) is 22.3. The highest BCUT2D eigenvalue weighted by molar-refractivity contribution is 5.73. The molecule has 0 aromatic carbocycles. The Labute approximate surface area is 104 Å². The van der Waals surface area contributed by atoms with Crippen LogP contribution in [-0.2, 0) is 16.0 Å². The maximum atomic E-state index is 11.5. The first-order valence-corrected chi connectivity index (χ1v) is 5.35. The van der Waals surface area contributed by atoms with Crippen molar-refractivity contribution in [3.05, 3.63) is 12.2 Å². The fourth-order valence-corrected chi connectivity index (χ4v) is 1.10. The highest BCUT2D eigenvalue weighted by Crippen LogP contribution is 2.06. The van der Waals surface area contributed by atoms with Crippen molar-refractivity contribution in [1.82, 2.24) is 25.7 Å². The molecule has 98 valence electrons. The van der Waals surface area contributed by atoms with E-state index >= 15 is 0 Å². The van der Waals surface area contributed by atoms with Gasteiger partial charge in [-0.15, -0.1) is 20.4 Å². The zero-order valence-corrected chi connectivity index (χ0v) is 10.5. The average Bonchev–Trinajstić information content (AvgIpc) is 2.27. The summed E-state index contributed by atoms with van der Waals surface area (Å²) in [7, 11) is 0. The van der Waals surface area contributed by atoms with Gasteiger partial charge in [0.25, 0.3) is 0 Å². The second-order valence-corrected chi connectivity index (χ2v) is 4.56. The minimum Gasteiger partial charge on any atom is -0.444 e. The number of carbonyl (C=O) groups is 2. The van der Waals surface area contributed by atoms with Crippen molar-refractivity contribution >= 4 is 12.4 Å². The second-order valence-electron chi connectivity index (χ2n) is 4.56. The fourth-order valence-electron chi connectivity index (χ4n) is 1.10. The Balaban J connectivity index is 2.53. The van der Waals surface area contributed by atoms with Gasteiger partial charge in [-0.05, 0) is 20.8 Å². The lowest BCUT2D eigenvalue weighted by Gasteiger charge is -2.21. The number of hydrogen-bond donors (Lipinski definition) is 1. The Hall–Kier alpha value is -2.12. The van der Waals surface area contributed by atoms with Gasteiger partial charge in [-0.3, -0.25) is 0 Å². The molecule has 0 aliphatic rings. The van der Waals surface area contributed by atoms with Crippen molar-refractivity contribution in [1.29, 1.82) is 0 Å². The number of aromatic nitrogens is 4. The smallest absolute Gasteiger partial charge is 0.408 e. The number of ether oxygens (including phenoxy) is 1. The van der Waals surface area contributed by atoms with Gasteiger partial charge in [-0.2, -0.15) is 0 Å². The van der Waals surface area contributed by atoms with E-state index in [1.54, 1.807) is 20.8 Å². The number of alkyl carbamates (subject to hydrolysis) is 1. The van der Waals surface area contributed by atoms with Crippen LogP contribution in [0.3, 0.4) is 0 Å². The average molecular weight is 253 g/mol. The van der Waals surface area contributed by atoms with E-state index in [4.69, 9.17) is 4.74 Å².